The fourth-order valence-corrected chi connectivity index (χ4v) is 4.44. The Morgan fingerprint density at radius 3 is 1.98 bits per heavy atom. The standard InChI is InChI=1S/C30H39N5O5/c1-4-11-24(26(36)30(40)35-18-16-34(3)17-19-35)32-27(37)21(2)31-29(39)25(20-22-12-7-5-8-13-22)33-28(38)23-14-9-6-10-15-23/h5-10,12-15,21,24-25H,4,11,16-20H2,1-3H3,(H,31,39)(H,32,37)(H,33,38)/t21-,24?,25-/m0/s1. The lowest BCUT2D eigenvalue weighted by Crippen LogP contribution is -2.57. The van der Waals surface area contributed by atoms with Crippen molar-refractivity contribution in [2.24, 2.45) is 0 Å². The van der Waals surface area contributed by atoms with Gasteiger partial charge in [-0.05, 0) is 38.1 Å². The third-order valence-electron chi connectivity index (χ3n) is 6.90. The number of Topliss-reactive ketones (excluding diaryl/α,β-unsaturated/α-hetero) is 1. The molecular weight excluding hydrogens is 510 g/mol. The van der Waals surface area contributed by atoms with Crippen molar-refractivity contribution in [3.8, 4) is 0 Å². The van der Waals surface area contributed by atoms with Gasteiger partial charge in [0.05, 0.1) is 6.04 Å². The van der Waals surface area contributed by atoms with Gasteiger partial charge in [-0.2, -0.15) is 0 Å². The van der Waals surface area contributed by atoms with Crippen molar-refractivity contribution in [3.05, 3.63) is 71.8 Å². The Labute approximate surface area is 235 Å². The third-order valence-corrected chi connectivity index (χ3v) is 6.90. The fourth-order valence-electron chi connectivity index (χ4n) is 4.44. The molecule has 40 heavy (non-hydrogen) atoms. The monoisotopic (exact) mass is 549 g/mol. The van der Waals surface area contributed by atoms with E-state index in [0.717, 1.165) is 5.56 Å². The normalized spacial score (nSPS) is 15.8. The van der Waals surface area contributed by atoms with Crippen LogP contribution in [0.4, 0.5) is 0 Å². The van der Waals surface area contributed by atoms with Crippen molar-refractivity contribution in [2.75, 3.05) is 33.2 Å². The zero-order chi connectivity index (χ0) is 29.1. The summed E-state index contributed by atoms with van der Waals surface area (Å²) in [6.45, 7) is 5.63. The molecule has 0 saturated carbocycles. The average molecular weight is 550 g/mol. The van der Waals surface area contributed by atoms with Crippen molar-refractivity contribution in [3.63, 3.8) is 0 Å². The van der Waals surface area contributed by atoms with Gasteiger partial charge in [-0.15, -0.1) is 0 Å². The first-order chi connectivity index (χ1) is 19.2. The van der Waals surface area contributed by atoms with Crippen molar-refractivity contribution in [2.45, 2.75) is 51.2 Å². The lowest BCUT2D eigenvalue weighted by Gasteiger charge is -2.32. The summed E-state index contributed by atoms with van der Waals surface area (Å²) in [5, 5.41) is 8.09. The molecule has 1 saturated heterocycles. The second-order valence-corrected chi connectivity index (χ2v) is 10.1. The Hall–Kier alpha value is -4.05. The molecule has 1 unspecified atom stereocenters. The molecule has 3 atom stereocenters. The number of ketones is 1. The molecule has 3 N–H and O–H groups in total. The van der Waals surface area contributed by atoms with Crippen LogP contribution >= 0.6 is 0 Å². The van der Waals surface area contributed by atoms with Crippen LogP contribution in [-0.4, -0.2) is 90.6 Å². The Kier molecular flexibility index (Phi) is 11.4. The molecule has 2 aromatic rings. The van der Waals surface area contributed by atoms with Crippen molar-refractivity contribution in [1.29, 1.82) is 0 Å². The lowest BCUT2D eigenvalue weighted by molar-refractivity contribution is -0.147. The van der Waals surface area contributed by atoms with Crippen LogP contribution in [0.1, 0.15) is 42.6 Å². The maximum atomic E-state index is 13.3. The summed E-state index contributed by atoms with van der Waals surface area (Å²) in [6.07, 6.45) is 1.10. The Morgan fingerprint density at radius 2 is 1.38 bits per heavy atom. The molecule has 0 bridgehead atoms. The number of piperazine rings is 1. The predicted molar refractivity (Wildman–Crippen MR) is 151 cm³/mol. The summed E-state index contributed by atoms with van der Waals surface area (Å²) in [5.41, 5.74) is 1.24. The predicted octanol–water partition coefficient (Wildman–Crippen LogP) is 1.16. The number of likely N-dealkylation sites (N-methyl/N-ethyl adjacent to an activating group) is 1. The van der Waals surface area contributed by atoms with Gasteiger partial charge in [0, 0.05) is 38.2 Å². The molecule has 1 aliphatic heterocycles. The van der Waals surface area contributed by atoms with Crippen LogP contribution in [0.2, 0.25) is 0 Å². The molecule has 4 amide bonds. The molecule has 1 fully saturated rings. The largest absolute Gasteiger partial charge is 0.344 e. The molecule has 0 aromatic heterocycles. The van der Waals surface area contributed by atoms with E-state index in [0.29, 0.717) is 44.6 Å². The zero-order valence-electron chi connectivity index (χ0n) is 23.4. The summed E-state index contributed by atoms with van der Waals surface area (Å²) in [7, 11) is 1.96. The number of nitrogens with one attached hydrogen (secondary N) is 3. The summed E-state index contributed by atoms with van der Waals surface area (Å²) in [6, 6.07) is 14.9. The van der Waals surface area contributed by atoms with E-state index in [1.54, 1.807) is 30.3 Å². The van der Waals surface area contributed by atoms with Gasteiger partial charge in [-0.25, -0.2) is 0 Å². The van der Waals surface area contributed by atoms with E-state index >= 15 is 0 Å². The molecular formula is C30H39N5O5. The maximum Gasteiger partial charge on any atom is 0.292 e. The van der Waals surface area contributed by atoms with E-state index in [-0.39, 0.29) is 6.42 Å². The number of nitrogens with zero attached hydrogens (tertiary/aromatic N) is 2. The molecule has 0 radical (unpaired) electrons. The quantitative estimate of drug-likeness (QED) is 0.341. The molecule has 1 heterocycles. The number of carbonyl (C=O) groups is 5. The highest BCUT2D eigenvalue weighted by molar-refractivity contribution is 6.38. The first-order valence-electron chi connectivity index (χ1n) is 13.7. The first kappa shape index (κ1) is 30.5. The number of carbonyl (C=O) groups excluding carboxylic acids is 5. The summed E-state index contributed by atoms with van der Waals surface area (Å²) in [4.78, 5) is 68.6. The van der Waals surface area contributed by atoms with Crippen LogP contribution in [0.3, 0.4) is 0 Å². The van der Waals surface area contributed by atoms with Gasteiger partial charge in [0.15, 0.2) is 0 Å². The minimum absolute atomic E-state index is 0.218. The highest BCUT2D eigenvalue weighted by atomic mass is 16.2. The zero-order valence-corrected chi connectivity index (χ0v) is 23.4. The smallest absolute Gasteiger partial charge is 0.292 e. The Morgan fingerprint density at radius 1 is 0.775 bits per heavy atom. The van der Waals surface area contributed by atoms with Gasteiger partial charge in [0.2, 0.25) is 17.6 Å². The molecule has 0 aliphatic carbocycles. The van der Waals surface area contributed by atoms with E-state index in [1.807, 2.05) is 44.3 Å². The lowest BCUT2D eigenvalue weighted by atomic mass is 10.0. The van der Waals surface area contributed by atoms with Gasteiger partial charge in [-0.3, -0.25) is 24.0 Å². The molecule has 3 rings (SSSR count). The minimum atomic E-state index is -1.01. The highest BCUT2D eigenvalue weighted by Gasteiger charge is 2.33. The van der Waals surface area contributed by atoms with Crippen LogP contribution in [0, 0.1) is 0 Å². The van der Waals surface area contributed by atoms with Gasteiger partial charge < -0.3 is 25.8 Å². The Balaban J connectivity index is 1.65. The topological polar surface area (TPSA) is 128 Å². The number of rotatable bonds is 12. The maximum absolute atomic E-state index is 13.3. The number of benzene rings is 2. The van der Waals surface area contributed by atoms with E-state index in [4.69, 9.17) is 0 Å². The van der Waals surface area contributed by atoms with Crippen molar-refractivity contribution < 1.29 is 24.0 Å². The summed E-state index contributed by atoms with van der Waals surface area (Å²) >= 11 is 0. The number of hydrogen-bond acceptors (Lipinski definition) is 6. The van der Waals surface area contributed by atoms with Crippen LogP contribution in [0.15, 0.2) is 60.7 Å². The second-order valence-electron chi connectivity index (χ2n) is 10.1. The summed E-state index contributed by atoms with van der Waals surface area (Å²) in [5.74, 6) is -2.79. The third kappa shape index (κ3) is 8.74. The van der Waals surface area contributed by atoms with Gasteiger partial charge in [0.1, 0.15) is 12.1 Å². The Bertz CT molecular complexity index is 1170. The van der Waals surface area contributed by atoms with Crippen LogP contribution in [-0.2, 0) is 25.6 Å². The molecule has 0 spiro atoms. The molecule has 2 aromatic carbocycles. The van der Waals surface area contributed by atoms with Crippen molar-refractivity contribution in [1.82, 2.24) is 25.8 Å². The van der Waals surface area contributed by atoms with Gasteiger partial charge in [-0.1, -0.05) is 61.9 Å². The van der Waals surface area contributed by atoms with Crippen molar-refractivity contribution >= 4 is 29.4 Å². The highest BCUT2D eigenvalue weighted by Crippen LogP contribution is 2.08. The fraction of sp³-hybridized carbons (Fsp3) is 0.433. The van der Waals surface area contributed by atoms with E-state index in [9.17, 15) is 24.0 Å². The first-order valence-corrected chi connectivity index (χ1v) is 13.7. The molecule has 10 nitrogen and oxygen atoms in total. The van der Waals surface area contributed by atoms with Crippen LogP contribution in [0.5, 0.6) is 0 Å². The van der Waals surface area contributed by atoms with Crippen LogP contribution < -0.4 is 16.0 Å². The summed E-state index contributed by atoms with van der Waals surface area (Å²) < 4.78 is 0. The van der Waals surface area contributed by atoms with Crippen LogP contribution in [0.25, 0.3) is 0 Å². The molecule has 214 valence electrons. The van der Waals surface area contributed by atoms with E-state index in [2.05, 4.69) is 20.9 Å². The van der Waals surface area contributed by atoms with E-state index in [1.165, 1.54) is 11.8 Å². The van der Waals surface area contributed by atoms with Gasteiger partial charge in [0.25, 0.3) is 11.8 Å². The molecule has 1 aliphatic rings. The SMILES string of the molecule is CCCC(NC(=O)[C@H](C)NC(=O)[C@H](Cc1ccccc1)NC(=O)c1ccccc1)C(=O)C(=O)N1CCN(C)CC1. The number of hydrogen-bond donors (Lipinski definition) is 3. The van der Waals surface area contributed by atoms with E-state index < -0.39 is 47.5 Å². The average Bonchev–Trinajstić information content (AvgIpc) is 2.97. The molecule has 10 heteroatoms. The second kappa shape index (κ2) is 14.9. The van der Waals surface area contributed by atoms with Gasteiger partial charge >= 0.3 is 0 Å². The number of amides is 4. The minimum Gasteiger partial charge on any atom is -0.344 e.